The van der Waals surface area contributed by atoms with E-state index in [1.54, 1.807) is 0 Å². The number of aryl methyl sites for hydroxylation is 1. The summed E-state index contributed by atoms with van der Waals surface area (Å²) in [5.41, 5.74) is 3.70. The van der Waals surface area contributed by atoms with Gasteiger partial charge in [0, 0.05) is 11.8 Å². The lowest BCUT2D eigenvalue weighted by molar-refractivity contribution is 0.307. The number of benzene rings is 1. The van der Waals surface area contributed by atoms with Gasteiger partial charge < -0.3 is 9.14 Å². The number of hydrogen-bond donors (Lipinski definition) is 0. The number of imidazole rings is 1. The van der Waals surface area contributed by atoms with E-state index in [1.807, 2.05) is 60.0 Å². The summed E-state index contributed by atoms with van der Waals surface area (Å²) in [5, 5.41) is 8.93. The Morgan fingerprint density at radius 1 is 1.19 bits per heavy atom. The second-order valence-electron chi connectivity index (χ2n) is 4.81. The number of para-hydroxylation sites is 1. The standard InChI is InChI=1S/C17H15N3O/c1-13-16(9-10-18)20-11-5-6-14(17(20)19-13)12-21-15-7-3-2-4-8-15/h2-8,11H,9,12H2,1H3. The van der Waals surface area contributed by atoms with Crippen LogP contribution in [0.1, 0.15) is 17.0 Å². The van der Waals surface area contributed by atoms with Crippen molar-refractivity contribution < 1.29 is 4.74 Å². The molecule has 1 aromatic carbocycles. The van der Waals surface area contributed by atoms with Crippen LogP contribution in [0, 0.1) is 18.3 Å². The van der Waals surface area contributed by atoms with Crippen LogP contribution in [0.2, 0.25) is 0 Å². The maximum Gasteiger partial charge on any atom is 0.143 e. The SMILES string of the molecule is Cc1nc2c(COc3ccccc3)cccn2c1CC#N. The molecule has 104 valence electrons. The van der Waals surface area contributed by atoms with Crippen molar-refractivity contribution >= 4 is 5.65 Å². The van der Waals surface area contributed by atoms with Gasteiger partial charge in [-0.1, -0.05) is 24.3 Å². The molecule has 0 aliphatic rings. The largest absolute Gasteiger partial charge is 0.489 e. The summed E-state index contributed by atoms with van der Waals surface area (Å²) in [6, 6.07) is 15.9. The Hall–Kier alpha value is -2.80. The summed E-state index contributed by atoms with van der Waals surface area (Å²) in [5.74, 6) is 0.833. The van der Waals surface area contributed by atoms with E-state index in [4.69, 9.17) is 10.00 Å². The summed E-state index contributed by atoms with van der Waals surface area (Å²) in [6.45, 7) is 2.39. The molecule has 0 radical (unpaired) electrons. The predicted octanol–water partition coefficient (Wildman–Crippen LogP) is 3.29. The highest BCUT2D eigenvalue weighted by atomic mass is 16.5. The number of nitriles is 1. The molecule has 4 nitrogen and oxygen atoms in total. The van der Waals surface area contributed by atoms with E-state index in [2.05, 4.69) is 11.1 Å². The Labute approximate surface area is 123 Å². The number of fused-ring (bicyclic) bond motifs is 1. The van der Waals surface area contributed by atoms with Crippen molar-refractivity contribution in [1.82, 2.24) is 9.38 Å². The van der Waals surface area contributed by atoms with Crippen molar-refractivity contribution in [2.45, 2.75) is 20.0 Å². The van der Waals surface area contributed by atoms with Crippen LogP contribution < -0.4 is 4.74 Å². The van der Waals surface area contributed by atoms with E-state index in [9.17, 15) is 0 Å². The van der Waals surface area contributed by atoms with Gasteiger partial charge in [0.15, 0.2) is 0 Å². The lowest BCUT2D eigenvalue weighted by Gasteiger charge is -2.07. The zero-order valence-electron chi connectivity index (χ0n) is 11.8. The Morgan fingerprint density at radius 2 is 2.00 bits per heavy atom. The van der Waals surface area contributed by atoms with Gasteiger partial charge >= 0.3 is 0 Å². The van der Waals surface area contributed by atoms with Crippen molar-refractivity contribution in [2.75, 3.05) is 0 Å². The van der Waals surface area contributed by atoms with Gasteiger partial charge in [0.25, 0.3) is 0 Å². The first-order valence-corrected chi connectivity index (χ1v) is 6.80. The first-order valence-electron chi connectivity index (χ1n) is 6.80. The van der Waals surface area contributed by atoms with Crippen LogP contribution in [0.15, 0.2) is 48.7 Å². The van der Waals surface area contributed by atoms with E-state index >= 15 is 0 Å². The molecule has 0 saturated heterocycles. The maximum absolute atomic E-state index is 8.93. The van der Waals surface area contributed by atoms with Crippen LogP contribution in [0.25, 0.3) is 5.65 Å². The number of hydrogen-bond acceptors (Lipinski definition) is 3. The minimum absolute atomic E-state index is 0.357. The fourth-order valence-corrected chi connectivity index (χ4v) is 2.36. The van der Waals surface area contributed by atoms with Crippen molar-refractivity contribution in [3.05, 3.63) is 65.6 Å². The molecule has 0 amide bonds. The number of aromatic nitrogens is 2. The van der Waals surface area contributed by atoms with E-state index in [0.29, 0.717) is 13.0 Å². The quantitative estimate of drug-likeness (QED) is 0.735. The molecule has 2 aromatic heterocycles. The molecule has 0 aliphatic heterocycles. The molecular weight excluding hydrogens is 262 g/mol. The topological polar surface area (TPSA) is 50.3 Å². The number of ether oxygens (including phenoxy) is 1. The summed E-state index contributed by atoms with van der Waals surface area (Å²) in [6.07, 6.45) is 2.30. The molecule has 3 rings (SSSR count). The first kappa shape index (κ1) is 13.2. The lowest BCUT2D eigenvalue weighted by Crippen LogP contribution is -2.00. The van der Waals surface area contributed by atoms with Crippen LogP contribution in [-0.4, -0.2) is 9.38 Å². The monoisotopic (exact) mass is 277 g/mol. The average Bonchev–Trinajstić information content (AvgIpc) is 2.83. The molecule has 0 unspecified atom stereocenters. The summed E-state index contributed by atoms with van der Waals surface area (Å²) in [4.78, 5) is 4.58. The Morgan fingerprint density at radius 3 is 2.76 bits per heavy atom. The Bertz CT molecular complexity index is 800. The molecule has 0 aliphatic carbocycles. The van der Waals surface area contributed by atoms with Crippen LogP contribution in [-0.2, 0) is 13.0 Å². The molecule has 0 bridgehead atoms. The minimum atomic E-state index is 0.357. The summed E-state index contributed by atoms with van der Waals surface area (Å²) >= 11 is 0. The number of rotatable bonds is 4. The highest BCUT2D eigenvalue weighted by Crippen LogP contribution is 2.18. The van der Waals surface area contributed by atoms with Crippen molar-refractivity contribution in [3.8, 4) is 11.8 Å². The van der Waals surface area contributed by atoms with E-state index in [0.717, 1.165) is 28.3 Å². The second kappa shape index (κ2) is 5.68. The second-order valence-corrected chi connectivity index (χ2v) is 4.81. The van der Waals surface area contributed by atoms with E-state index < -0.39 is 0 Å². The average molecular weight is 277 g/mol. The fraction of sp³-hybridized carbons (Fsp3) is 0.176. The molecule has 4 heteroatoms. The van der Waals surface area contributed by atoms with Gasteiger partial charge in [-0.3, -0.25) is 0 Å². The van der Waals surface area contributed by atoms with Crippen LogP contribution in [0.4, 0.5) is 0 Å². The van der Waals surface area contributed by atoms with E-state index in [-0.39, 0.29) is 0 Å². The molecule has 0 saturated carbocycles. The van der Waals surface area contributed by atoms with Gasteiger partial charge in [0.1, 0.15) is 18.0 Å². The zero-order chi connectivity index (χ0) is 14.7. The normalized spacial score (nSPS) is 10.5. The Kier molecular flexibility index (Phi) is 3.57. The van der Waals surface area contributed by atoms with Gasteiger partial charge in [-0.25, -0.2) is 4.98 Å². The molecule has 2 heterocycles. The number of pyridine rings is 1. The van der Waals surface area contributed by atoms with Gasteiger partial charge in [-0.15, -0.1) is 0 Å². The molecule has 21 heavy (non-hydrogen) atoms. The van der Waals surface area contributed by atoms with Crippen molar-refractivity contribution in [3.63, 3.8) is 0 Å². The van der Waals surface area contributed by atoms with Gasteiger partial charge in [-0.2, -0.15) is 5.26 Å². The van der Waals surface area contributed by atoms with Crippen molar-refractivity contribution in [2.24, 2.45) is 0 Å². The fourth-order valence-electron chi connectivity index (χ4n) is 2.36. The molecule has 0 N–H and O–H groups in total. The summed E-state index contributed by atoms with van der Waals surface area (Å²) in [7, 11) is 0. The third kappa shape index (κ3) is 2.59. The molecule has 0 spiro atoms. The molecule has 3 aromatic rings. The van der Waals surface area contributed by atoms with Gasteiger partial charge in [0.05, 0.1) is 23.9 Å². The van der Waals surface area contributed by atoms with E-state index in [1.165, 1.54) is 0 Å². The van der Waals surface area contributed by atoms with Crippen LogP contribution >= 0.6 is 0 Å². The van der Waals surface area contributed by atoms with Gasteiger partial charge in [0.2, 0.25) is 0 Å². The highest BCUT2D eigenvalue weighted by molar-refractivity contribution is 5.51. The molecule has 0 atom stereocenters. The third-order valence-corrected chi connectivity index (χ3v) is 3.41. The number of nitrogens with zero attached hydrogens (tertiary/aromatic N) is 3. The summed E-state index contributed by atoms with van der Waals surface area (Å²) < 4.78 is 7.77. The third-order valence-electron chi connectivity index (χ3n) is 3.41. The first-order chi connectivity index (χ1) is 10.3. The smallest absolute Gasteiger partial charge is 0.143 e. The Balaban J connectivity index is 1.93. The van der Waals surface area contributed by atoms with Crippen molar-refractivity contribution in [1.29, 1.82) is 5.26 Å². The molecular formula is C17H15N3O. The molecule has 0 fully saturated rings. The predicted molar refractivity (Wildman–Crippen MR) is 80.0 cm³/mol. The van der Waals surface area contributed by atoms with Gasteiger partial charge in [-0.05, 0) is 25.1 Å². The van der Waals surface area contributed by atoms with Crippen LogP contribution in [0.3, 0.4) is 0 Å². The maximum atomic E-state index is 8.93. The zero-order valence-corrected chi connectivity index (χ0v) is 11.8. The van der Waals surface area contributed by atoms with Crippen LogP contribution in [0.5, 0.6) is 5.75 Å². The lowest BCUT2D eigenvalue weighted by atomic mass is 10.2. The minimum Gasteiger partial charge on any atom is -0.489 e. The highest BCUT2D eigenvalue weighted by Gasteiger charge is 2.11.